The monoisotopic (exact) mass is 521 g/mol. The third kappa shape index (κ3) is 4.75. The number of carbonyl (C=O) groups is 2. The number of amides is 2. The molecule has 11 heteroatoms. The first-order chi connectivity index (χ1) is 17.9. The number of carbonyl (C=O) groups excluding carboxylic acids is 2. The van der Waals surface area contributed by atoms with Crippen molar-refractivity contribution in [2.45, 2.75) is 33.3 Å². The zero-order chi connectivity index (χ0) is 27.4. The lowest BCUT2D eigenvalue weighted by molar-refractivity contribution is 0.0240. The molecule has 1 aliphatic rings. The van der Waals surface area contributed by atoms with Crippen LogP contribution in [0.25, 0.3) is 21.9 Å². The van der Waals surface area contributed by atoms with Gasteiger partial charge < -0.3 is 24.4 Å². The summed E-state index contributed by atoms with van der Waals surface area (Å²) in [5, 5.41) is 8.21. The van der Waals surface area contributed by atoms with Crippen molar-refractivity contribution in [3.05, 3.63) is 47.7 Å². The summed E-state index contributed by atoms with van der Waals surface area (Å²) in [6.07, 6.45) is 1.57. The predicted octanol–water partition coefficient (Wildman–Crippen LogP) is 4.22. The number of imidazole rings is 1. The molecule has 1 aliphatic heterocycles. The molecule has 0 atom stereocenters. The molecule has 3 heterocycles. The molecule has 0 spiro atoms. The lowest BCUT2D eigenvalue weighted by Gasteiger charge is -2.37. The van der Waals surface area contributed by atoms with Crippen LogP contribution in [0, 0.1) is 12.7 Å². The highest BCUT2D eigenvalue weighted by Gasteiger charge is 2.27. The molecule has 1 fully saturated rings. The van der Waals surface area contributed by atoms with Crippen LogP contribution < -0.4 is 10.2 Å². The highest BCUT2D eigenvalue weighted by molar-refractivity contribution is 6.14. The fourth-order valence-corrected chi connectivity index (χ4v) is 4.75. The molecule has 0 saturated carbocycles. The summed E-state index contributed by atoms with van der Waals surface area (Å²) in [6, 6.07) is 6.63. The maximum atomic E-state index is 14.7. The molecule has 1 N–H and O–H groups in total. The Morgan fingerprint density at radius 3 is 2.45 bits per heavy atom. The van der Waals surface area contributed by atoms with E-state index >= 15 is 0 Å². The molecule has 2 aromatic heterocycles. The maximum absolute atomic E-state index is 14.7. The first-order valence-corrected chi connectivity index (χ1v) is 12.5. The second-order valence-electron chi connectivity index (χ2n) is 10.6. The summed E-state index contributed by atoms with van der Waals surface area (Å²) in [6.45, 7) is 9.66. The Labute approximate surface area is 220 Å². The fourth-order valence-electron chi connectivity index (χ4n) is 4.75. The predicted molar refractivity (Wildman–Crippen MR) is 144 cm³/mol. The number of ether oxygens (including phenoxy) is 1. The van der Waals surface area contributed by atoms with Gasteiger partial charge in [-0.15, -0.1) is 0 Å². The highest BCUT2D eigenvalue weighted by Crippen LogP contribution is 2.31. The molecule has 0 aliphatic carbocycles. The number of nitrogens with one attached hydrogen (secondary N) is 1. The van der Waals surface area contributed by atoms with Crippen LogP contribution in [-0.2, 0) is 18.8 Å². The van der Waals surface area contributed by atoms with E-state index < -0.39 is 11.4 Å². The standard InChI is InChI=1S/C27H32FN7O3/c1-16-29-24-20(28)13-17(14-22(24)33(16)6)30-25(36)18-7-8-21(19-15-32(5)31-23(18)19)34-9-11-35(12-10-34)26(37)38-27(2,3)4/h7-8,13-15H,9-12H2,1-6H3,(H,30,36). The van der Waals surface area contributed by atoms with Gasteiger partial charge in [-0.05, 0) is 52.0 Å². The van der Waals surface area contributed by atoms with E-state index in [1.165, 1.54) is 6.07 Å². The molecule has 0 unspecified atom stereocenters. The van der Waals surface area contributed by atoms with Crippen molar-refractivity contribution in [2.75, 3.05) is 36.4 Å². The van der Waals surface area contributed by atoms with Crippen LogP contribution in [0.3, 0.4) is 0 Å². The van der Waals surface area contributed by atoms with Gasteiger partial charge in [-0.3, -0.25) is 9.48 Å². The number of nitrogens with zero attached hydrogens (tertiary/aromatic N) is 6. The second kappa shape index (κ2) is 9.30. The van der Waals surface area contributed by atoms with Crippen LogP contribution in [0.2, 0.25) is 0 Å². The summed E-state index contributed by atoms with van der Waals surface area (Å²) in [5.74, 6) is -0.196. The van der Waals surface area contributed by atoms with Crippen LogP contribution >= 0.6 is 0 Å². The van der Waals surface area contributed by atoms with E-state index in [2.05, 4.69) is 20.3 Å². The Kier molecular flexibility index (Phi) is 6.24. The van der Waals surface area contributed by atoms with E-state index in [-0.39, 0.29) is 17.5 Å². The van der Waals surface area contributed by atoms with Gasteiger partial charge in [0, 0.05) is 63.2 Å². The van der Waals surface area contributed by atoms with Crippen LogP contribution in [0.15, 0.2) is 30.5 Å². The molecule has 2 amide bonds. The Bertz CT molecular complexity index is 1560. The van der Waals surface area contributed by atoms with E-state index in [1.54, 1.807) is 47.3 Å². The Morgan fingerprint density at radius 2 is 1.76 bits per heavy atom. The maximum Gasteiger partial charge on any atom is 0.410 e. The topological polar surface area (TPSA) is 97.5 Å². The number of rotatable bonds is 3. The minimum absolute atomic E-state index is 0.270. The van der Waals surface area contributed by atoms with Crippen molar-refractivity contribution in [2.24, 2.45) is 14.1 Å². The number of hydrogen-bond acceptors (Lipinski definition) is 6. The normalized spacial score (nSPS) is 14.4. The van der Waals surface area contributed by atoms with Gasteiger partial charge >= 0.3 is 6.09 Å². The third-order valence-corrected chi connectivity index (χ3v) is 6.71. The van der Waals surface area contributed by atoms with Gasteiger partial charge in [0.15, 0.2) is 5.82 Å². The summed E-state index contributed by atoms with van der Waals surface area (Å²) in [4.78, 5) is 33.9. The Balaban J connectivity index is 1.38. The molecule has 200 valence electrons. The van der Waals surface area contributed by atoms with Crippen LogP contribution in [-0.4, -0.2) is 68.0 Å². The largest absolute Gasteiger partial charge is 0.444 e. The van der Waals surface area contributed by atoms with Gasteiger partial charge in [0.2, 0.25) is 0 Å². The Hall–Kier alpha value is -4.15. The van der Waals surface area contributed by atoms with Crippen molar-refractivity contribution in [1.82, 2.24) is 24.2 Å². The minimum Gasteiger partial charge on any atom is -0.444 e. The number of aromatic nitrogens is 4. The van der Waals surface area contributed by atoms with Gasteiger partial charge in [-0.25, -0.2) is 14.2 Å². The van der Waals surface area contributed by atoms with Gasteiger partial charge in [-0.1, -0.05) is 0 Å². The van der Waals surface area contributed by atoms with Crippen molar-refractivity contribution >= 4 is 45.3 Å². The molecule has 5 rings (SSSR count). The van der Waals surface area contributed by atoms with Gasteiger partial charge in [0.25, 0.3) is 5.91 Å². The number of benzene rings is 2. The van der Waals surface area contributed by atoms with Crippen molar-refractivity contribution < 1.29 is 18.7 Å². The van der Waals surface area contributed by atoms with E-state index in [0.29, 0.717) is 54.3 Å². The molecular weight excluding hydrogens is 489 g/mol. The molecule has 1 saturated heterocycles. The first-order valence-electron chi connectivity index (χ1n) is 12.5. The van der Waals surface area contributed by atoms with E-state index in [0.717, 1.165) is 11.1 Å². The molecule has 4 aromatic rings. The SMILES string of the molecule is Cc1nc2c(F)cc(NC(=O)c3ccc(N4CCN(C(=O)OC(C)(C)C)CC4)c4cn(C)nc34)cc2n1C. The van der Waals surface area contributed by atoms with Gasteiger partial charge in [-0.2, -0.15) is 5.10 Å². The molecular formula is C27H32FN7O3. The van der Waals surface area contributed by atoms with Crippen molar-refractivity contribution in [3.8, 4) is 0 Å². The highest BCUT2D eigenvalue weighted by atomic mass is 19.1. The minimum atomic E-state index is -0.541. The molecule has 38 heavy (non-hydrogen) atoms. The second-order valence-corrected chi connectivity index (χ2v) is 10.6. The number of anilines is 2. The summed E-state index contributed by atoms with van der Waals surface area (Å²) >= 11 is 0. The van der Waals surface area contributed by atoms with E-state index in [1.807, 2.05) is 33.0 Å². The van der Waals surface area contributed by atoms with Crippen LogP contribution in [0.1, 0.15) is 37.0 Å². The van der Waals surface area contributed by atoms with Gasteiger partial charge in [0.05, 0.1) is 11.1 Å². The van der Waals surface area contributed by atoms with E-state index in [4.69, 9.17) is 4.74 Å². The number of fused-ring (bicyclic) bond motifs is 2. The number of halogens is 1. The Morgan fingerprint density at radius 1 is 1.05 bits per heavy atom. The van der Waals surface area contributed by atoms with Crippen molar-refractivity contribution in [1.29, 1.82) is 0 Å². The van der Waals surface area contributed by atoms with E-state index in [9.17, 15) is 14.0 Å². The lowest BCUT2D eigenvalue weighted by atomic mass is 10.1. The van der Waals surface area contributed by atoms with Crippen LogP contribution in [0.4, 0.5) is 20.6 Å². The first kappa shape index (κ1) is 25.5. The smallest absolute Gasteiger partial charge is 0.410 e. The van der Waals surface area contributed by atoms with Gasteiger partial charge in [0.1, 0.15) is 22.5 Å². The zero-order valence-corrected chi connectivity index (χ0v) is 22.5. The lowest BCUT2D eigenvalue weighted by Crippen LogP contribution is -2.50. The zero-order valence-electron chi connectivity index (χ0n) is 22.5. The molecule has 2 aromatic carbocycles. The number of aryl methyl sites for hydroxylation is 3. The summed E-state index contributed by atoms with van der Waals surface area (Å²) in [5.41, 5.74) is 2.54. The van der Waals surface area contributed by atoms with Crippen LogP contribution in [0.5, 0.6) is 0 Å². The molecule has 0 radical (unpaired) electrons. The average molecular weight is 522 g/mol. The third-order valence-electron chi connectivity index (χ3n) is 6.71. The summed E-state index contributed by atoms with van der Waals surface area (Å²) < 4.78 is 23.6. The fraction of sp³-hybridized carbons (Fsp3) is 0.407. The molecule has 0 bridgehead atoms. The molecule has 10 nitrogen and oxygen atoms in total. The number of hydrogen-bond donors (Lipinski definition) is 1. The number of piperazine rings is 1. The van der Waals surface area contributed by atoms with Crippen molar-refractivity contribution in [3.63, 3.8) is 0 Å². The quantitative estimate of drug-likeness (QED) is 0.434. The average Bonchev–Trinajstić information content (AvgIpc) is 3.37. The summed E-state index contributed by atoms with van der Waals surface area (Å²) in [7, 11) is 3.61.